The highest BCUT2D eigenvalue weighted by molar-refractivity contribution is 8.00. The summed E-state index contributed by atoms with van der Waals surface area (Å²) in [7, 11) is 0. The number of rotatable bonds is 5. The molecule has 1 aliphatic heterocycles. The van der Waals surface area contributed by atoms with Crippen molar-refractivity contribution in [2.75, 3.05) is 16.0 Å². The molecule has 30 heavy (non-hydrogen) atoms. The second-order valence-corrected chi connectivity index (χ2v) is 8.93. The standard InChI is InChI=1S/C22H18Cl2N2O3S/c23-17-6-3-7-18(20(17)24)25-19(27)12-30-14-10-8-13(9-11-14)26-21(28)15-4-1-2-5-16(15)22(26)29/h1-3,6-11,15-16H,4-5,12H2,(H,25,27). The Hall–Kier alpha value is -2.28. The van der Waals surface area contributed by atoms with Crippen LogP contribution in [0.15, 0.2) is 59.5 Å². The van der Waals surface area contributed by atoms with Crippen molar-refractivity contribution < 1.29 is 14.4 Å². The summed E-state index contributed by atoms with van der Waals surface area (Å²) in [6.07, 6.45) is 5.17. The van der Waals surface area contributed by atoms with Gasteiger partial charge in [-0.15, -0.1) is 11.8 Å². The van der Waals surface area contributed by atoms with Crippen molar-refractivity contribution in [3.05, 3.63) is 64.7 Å². The number of allylic oxidation sites excluding steroid dienone is 2. The van der Waals surface area contributed by atoms with Crippen molar-refractivity contribution in [1.82, 2.24) is 0 Å². The summed E-state index contributed by atoms with van der Waals surface area (Å²) in [6, 6.07) is 12.1. The van der Waals surface area contributed by atoms with Gasteiger partial charge in [0, 0.05) is 4.90 Å². The van der Waals surface area contributed by atoms with Crippen LogP contribution in [0.1, 0.15) is 12.8 Å². The number of benzene rings is 2. The lowest BCUT2D eigenvalue weighted by Gasteiger charge is -2.15. The molecule has 2 aromatic rings. The Kier molecular flexibility index (Phi) is 6.18. The molecule has 0 aromatic heterocycles. The number of carbonyl (C=O) groups is 3. The maximum atomic E-state index is 12.7. The third kappa shape index (κ3) is 4.13. The van der Waals surface area contributed by atoms with Gasteiger partial charge in [0.05, 0.1) is 39.0 Å². The molecular weight excluding hydrogens is 443 g/mol. The maximum Gasteiger partial charge on any atom is 0.238 e. The normalized spacial score (nSPS) is 20.4. The topological polar surface area (TPSA) is 66.5 Å². The highest BCUT2D eigenvalue weighted by Gasteiger charge is 2.47. The van der Waals surface area contributed by atoms with Crippen LogP contribution in [-0.4, -0.2) is 23.5 Å². The molecule has 1 saturated heterocycles. The minimum Gasteiger partial charge on any atom is -0.324 e. The summed E-state index contributed by atoms with van der Waals surface area (Å²) in [4.78, 5) is 39.7. The number of thioether (sulfide) groups is 1. The van der Waals surface area contributed by atoms with Crippen LogP contribution in [0, 0.1) is 11.8 Å². The molecule has 0 radical (unpaired) electrons. The highest BCUT2D eigenvalue weighted by Crippen LogP contribution is 2.38. The second-order valence-electron chi connectivity index (χ2n) is 7.10. The van der Waals surface area contributed by atoms with Crippen molar-refractivity contribution >= 4 is 64.1 Å². The molecule has 0 bridgehead atoms. The molecule has 1 N–H and O–H groups in total. The molecule has 0 spiro atoms. The van der Waals surface area contributed by atoms with Crippen LogP contribution in [-0.2, 0) is 14.4 Å². The van der Waals surface area contributed by atoms with Crippen LogP contribution in [0.5, 0.6) is 0 Å². The van der Waals surface area contributed by atoms with Gasteiger partial charge >= 0.3 is 0 Å². The van der Waals surface area contributed by atoms with E-state index < -0.39 is 0 Å². The molecule has 1 fully saturated rings. The first-order valence-electron chi connectivity index (χ1n) is 9.45. The lowest BCUT2D eigenvalue weighted by molar-refractivity contribution is -0.122. The fourth-order valence-electron chi connectivity index (χ4n) is 3.68. The van der Waals surface area contributed by atoms with Crippen molar-refractivity contribution in [3.8, 4) is 0 Å². The average Bonchev–Trinajstić information content (AvgIpc) is 3.01. The molecule has 2 aromatic carbocycles. The zero-order valence-corrected chi connectivity index (χ0v) is 18.1. The molecule has 3 amide bonds. The smallest absolute Gasteiger partial charge is 0.238 e. The number of fused-ring (bicyclic) bond motifs is 1. The van der Waals surface area contributed by atoms with Crippen molar-refractivity contribution in [1.29, 1.82) is 0 Å². The highest BCUT2D eigenvalue weighted by atomic mass is 35.5. The van der Waals surface area contributed by atoms with Gasteiger partial charge in [-0.1, -0.05) is 41.4 Å². The summed E-state index contributed by atoms with van der Waals surface area (Å²) in [6.45, 7) is 0. The molecule has 1 aliphatic carbocycles. The number of nitrogens with one attached hydrogen (secondary N) is 1. The number of halogens is 2. The number of anilines is 2. The summed E-state index contributed by atoms with van der Waals surface area (Å²) in [5.74, 6) is -0.800. The van der Waals surface area contributed by atoms with E-state index in [-0.39, 0.29) is 35.3 Å². The van der Waals surface area contributed by atoms with Crippen LogP contribution >= 0.6 is 35.0 Å². The average molecular weight is 461 g/mol. The molecule has 8 heteroatoms. The molecule has 0 saturated carbocycles. The van der Waals surface area contributed by atoms with Crippen molar-refractivity contribution in [2.24, 2.45) is 11.8 Å². The van der Waals surface area contributed by atoms with E-state index in [1.165, 1.54) is 16.7 Å². The van der Waals surface area contributed by atoms with Gasteiger partial charge in [0.25, 0.3) is 0 Å². The van der Waals surface area contributed by atoms with Gasteiger partial charge in [0.1, 0.15) is 0 Å². The number of hydrogen-bond acceptors (Lipinski definition) is 4. The summed E-state index contributed by atoms with van der Waals surface area (Å²) >= 11 is 13.4. The summed E-state index contributed by atoms with van der Waals surface area (Å²) in [5, 5.41) is 3.42. The van der Waals surface area contributed by atoms with E-state index in [0.29, 0.717) is 34.3 Å². The number of carbonyl (C=O) groups excluding carboxylic acids is 3. The lowest BCUT2D eigenvalue weighted by atomic mass is 9.85. The van der Waals surface area contributed by atoms with E-state index in [2.05, 4.69) is 5.32 Å². The van der Waals surface area contributed by atoms with Gasteiger partial charge in [0.15, 0.2) is 0 Å². The summed E-state index contributed by atoms with van der Waals surface area (Å²) < 4.78 is 0. The first-order valence-corrected chi connectivity index (χ1v) is 11.2. The zero-order chi connectivity index (χ0) is 21.3. The van der Waals surface area contributed by atoms with Gasteiger partial charge in [-0.05, 0) is 49.2 Å². The van der Waals surface area contributed by atoms with Crippen LogP contribution in [0.2, 0.25) is 10.0 Å². The Morgan fingerprint density at radius 1 is 1.00 bits per heavy atom. The first kappa shape index (κ1) is 21.0. The quantitative estimate of drug-likeness (QED) is 0.379. The number of amides is 3. The van der Waals surface area contributed by atoms with Gasteiger partial charge in [-0.25, -0.2) is 0 Å². The number of hydrogen-bond donors (Lipinski definition) is 1. The fourth-order valence-corrected chi connectivity index (χ4v) is 4.73. The Morgan fingerprint density at radius 3 is 2.27 bits per heavy atom. The van der Waals surface area contributed by atoms with E-state index in [1.807, 2.05) is 12.2 Å². The minimum atomic E-state index is -0.251. The van der Waals surface area contributed by atoms with E-state index in [0.717, 1.165) is 4.90 Å². The molecule has 1 heterocycles. The van der Waals surface area contributed by atoms with Crippen LogP contribution in [0.4, 0.5) is 11.4 Å². The predicted molar refractivity (Wildman–Crippen MR) is 120 cm³/mol. The Morgan fingerprint density at radius 2 is 1.63 bits per heavy atom. The third-order valence-corrected chi connectivity index (χ3v) is 7.03. The Balaban J connectivity index is 1.37. The first-order chi connectivity index (χ1) is 14.5. The van der Waals surface area contributed by atoms with Crippen LogP contribution in [0.3, 0.4) is 0 Å². The van der Waals surface area contributed by atoms with Gasteiger partial charge in [0.2, 0.25) is 17.7 Å². The fraction of sp³-hybridized carbons (Fsp3) is 0.227. The van der Waals surface area contributed by atoms with E-state index in [4.69, 9.17) is 23.2 Å². The van der Waals surface area contributed by atoms with Crippen LogP contribution in [0.25, 0.3) is 0 Å². The molecule has 4 rings (SSSR count). The molecule has 5 nitrogen and oxygen atoms in total. The van der Waals surface area contributed by atoms with Crippen molar-refractivity contribution in [3.63, 3.8) is 0 Å². The molecule has 154 valence electrons. The third-order valence-electron chi connectivity index (χ3n) is 5.20. The van der Waals surface area contributed by atoms with Gasteiger partial charge in [-0.2, -0.15) is 0 Å². The number of nitrogens with zero attached hydrogens (tertiary/aromatic N) is 1. The Bertz CT molecular complexity index is 1010. The minimum absolute atomic E-state index is 0.132. The van der Waals surface area contributed by atoms with Gasteiger partial charge in [-0.3, -0.25) is 19.3 Å². The zero-order valence-electron chi connectivity index (χ0n) is 15.8. The number of imide groups is 1. The van der Waals surface area contributed by atoms with Crippen LogP contribution < -0.4 is 10.2 Å². The second kappa shape index (κ2) is 8.84. The monoisotopic (exact) mass is 460 g/mol. The summed E-state index contributed by atoms with van der Waals surface area (Å²) in [5.41, 5.74) is 1.03. The molecular formula is C22H18Cl2N2O3S. The molecule has 2 unspecified atom stereocenters. The van der Waals surface area contributed by atoms with E-state index >= 15 is 0 Å². The Labute approximate surface area is 188 Å². The molecule has 2 atom stereocenters. The van der Waals surface area contributed by atoms with Gasteiger partial charge < -0.3 is 5.32 Å². The maximum absolute atomic E-state index is 12.7. The lowest BCUT2D eigenvalue weighted by Crippen LogP contribution is -2.30. The van der Waals surface area contributed by atoms with E-state index in [1.54, 1.807) is 42.5 Å². The predicted octanol–water partition coefficient (Wildman–Crippen LogP) is 5.18. The van der Waals surface area contributed by atoms with Crippen molar-refractivity contribution in [2.45, 2.75) is 17.7 Å². The SMILES string of the molecule is O=C(CSc1ccc(N2C(=O)C3CC=CCC3C2=O)cc1)Nc1cccc(Cl)c1Cl. The van der Waals surface area contributed by atoms with E-state index in [9.17, 15) is 14.4 Å². The molecule has 2 aliphatic rings. The largest absolute Gasteiger partial charge is 0.324 e.